The largest absolute Gasteiger partial charge is 0.385 e. The van der Waals surface area contributed by atoms with Gasteiger partial charge < -0.3 is 11.1 Å². The van der Waals surface area contributed by atoms with E-state index in [-0.39, 0.29) is 11.9 Å². The minimum atomic E-state index is -0.237. The molecule has 0 aliphatic carbocycles. The predicted octanol–water partition coefficient (Wildman–Crippen LogP) is 7.58. The summed E-state index contributed by atoms with van der Waals surface area (Å²) in [5.74, 6) is 2.60. The Hall–Kier alpha value is -2.78. The van der Waals surface area contributed by atoms with Crippen LogP contribution in [0.2, 0.25) is 0 Å². The van der Waals surface area contributed by atoms with E-state index in [0.717, 1.165) is 50.1 Å². The number of pyridine rings is 1. The highest BCUT2D eigenvalue weighted by Crippen LogP contribution is 2.15. The van der Waals surface area contributed by atoms with Crippen LogP contribution < -0.4 is 11.1 Å². The quantitative estimate of drug-likeness (QED) is 0.0814. The van der Waals surface area contributed by atoms with Crippen molar-refractivity contribution in [1.29, 1.82) is 5.26 Å². The van der Waals surface area contributed by atoms with Crippen LogP contribution in [-0.4, -0.2) is 28.4 Å². The molecule has 0 bridgehead atoms. The first-order chi connectivity index (χ1) is 16.8. The molecule has 0 spiro atoms. The van der Waals surface area contributed by atoms with E-state index in [0.29, 0.717) is 5.75 Å². The smallest absolute Gasteiger partial charge is 0.207 e. The molecule has 0 saturated heterocycles. The van der Waals surface area contributed by atoms with E-state index in [2.05, 4.69) is 74.2 Å². The molecule has 1 atom stereocenters. The molecule has 35 heavy (non-hydrogen) atoms. The van der Waals surface area contributed by atoms with Gasteiger partial charge in [0.1, 0.15) is 11.7 Å². The number of anilines is 1. The van der Waals surface area contributed by atoms with E-state index in [9.17, 15) is 0 Å². The Balaban J connectivity index is 2.37. The first-order valence-electron chi connectivity index (χ1n) is 12.4. The van der Waals surface area contributed by atoms with Crippen LogP contribution in [0.3, 0.4) is 0 Å². The van der Waals surface area contributed by atoms with Crippen molar-refractivity contribution in [1.82, 2.24) is 4.98 Å². The lowest BCUT2D eigenvalue weighted by atomic mass is 10.0. The first-order valence-corrected chi connectivity index (χ1v) is 13.5. The maximum atomic E-state index is 8.85. The van der Waals surface area contributed by atoms with Crippen molar-refractivity contribution >= 4 is 23.4 Å². The van der Waals surface area contributed by atoms with Crippen LogP contribution in [-0.2, 0) is 0 Å². The molecule has 1 unspecified atom stereocenters. The third-order valence-corrected chi connectivity index (χ3v) is 6.48. The topological polar surface area (TPSA) is 87.1 Å². The molecule has 0 aromatic carbocycles. The lowest BCUT2D eigenvalue weighted by Crippen LogP contribution is -2.38. The van der Waals surface area contributed by atoms with Gasteiger partial charge in [-0.25, -0.2) is 4.98 Å². The van der Waals surface area contributed by atoms with Crippen LogP contribution in [0.5, 0.6) is 0 Å². The number of thioether (sulfide) groups is 1. The molecule has 190 valence electrons. The van der Waals surface area contributed by atoms with Gasteiger partial charge in [0.2, 0.25) is 6.19 Å². The highest BCUT2D eigenvalue weighted by molar-refractivity contribution is 7.99. The first kappa shape index (κ1) is 30.3. The van der Waals surface area contributed by atoms with Gasteiger partial charge in [-0.3, -0.25) is 0 Å². The Kier molecular flexibility index (Phi) is 16.0. The molecule has 1 aromatic heterocycles. The van der Waals surface area contributed by atoms with Gasteiger partial charge in [-0.2, -0.15) is 22.0 Å². The van der Waals surface area contributed by atoms with Crippen molar-refractivity contribution in [2.75, 3.05) is 16.8 Å². The average molecular weight is 494 g/mol. The van der Waals surface area contributed by atoms with E-state index in [1.165, 1.54) is 22.3 Å². The third kappa shape index (κ3) is 15.7. The van der Waals surface area contributed by atoms with Crippen LogP contribution in [0, 0.1) is 11.5 Å². The maximum Gasteiger partial charge on any atom is 0.207 e. The molecule has 0 fully saturated rings. The standard InChI is InChI=1S/C29H43N5S/c1-23(2)11-8-12-24(3)13-9-14-25(4)15-10-16-26(5)18-20-35-21-27(29(31)33-22-30)34-28-17-6-7-19-32-28/h6-7,11,13,15,17-19,27H,8-10,12,14,16,20-21H2,1-5H3,(H2,31,33)(H,32,34). The van der Waals surface area contributed by atoms with Gasteiger partial charge in [0.05, 0.1) is 6.04 Å². The van der Waals surface area contributed by atoms with Gasteiger partial charge in [0.15, 0.2) is 0 Å². The highest BCUT2D eigenvalue weighted by atomic mass is 32.2. The summed E-state index contributed by atoms with van der Waals surface area (Å²) in [6, 6.07) is 5.40. The Bertz CT molecular complexity index is 932. The second-order valence-electron chi connectivity index (χ2n) is 9.13. The molecular weight excluding hydrogens is 450 g/mol. The number of amidine groups is 1. The number of nitrogens with two attached hydrogens (primary N) is 1. The second kappa shape index (κ2) is 18.5. The van der Waals surface area contributed by atoms with Crippen LogP contribution >= 0.6 is 11.8 Å². The lowest BCUT2D eigenvalue weighted by Gasteiger charge is -2.17. The summed E-state index contributed by atoms with van der Waals surface area (Å²) in [5.41, 5.74) is 11.7. The molecule has 1 aromatic rings. The summed E-state index contributed by atoms with van der Waals surface area (Å²) in [5, 5.41) is 12.1. The summed E-state index contributed by atoms with van der Waals surface area (Å²) in [6.45, 7) is 11.0. The van der Waals surface area contributed by atoms with Crippen LogP contribution in [0.15, 0.2) is 76.0 Å². The zero-order valence-electron chi connectivity index (χ0n) is 22.2. The van der Waals surface area contributed by atoms with Gasteiger partial charge in [0, 0.05) is 17.7 Å². The average Bonchev–Trinajstić information content (AvgIpc) is 2.81. The maximum absolute atomic E-state index is 8.85. The van der Waals surface area contributed by atoms with Crippen molar-refractivity contribution < 1.29 is 0 Å². The third-order valence-electron chi connectivity index (χ3n) is 5.51. The summed E-state index contributed by atoms with van der Waals surface area (Å²) in [7, 11) is 0. The number of hydrogen-bond acceptors (Lipinski definition) is 5. The summed E-state index contributed by atoms with van der Waals surface area (Å²) in [6.07, 6.45) is 19.6. The van der Waals surface area contributed by atoms with Crippen molar-refractivity contribution in [2.45, 2.75) is 79.2 Å². The molecular formula is C29H43N5S. The summed E-state index contributed by atoms with van der Waals surface area (Å²) in [4.78, 5) is 7.98. The second-order valence-corrected chi connectivity index (χ2v) is 10.2. The van der Waals surface area contributed by atoms with E-state index >= 15 is 0 Å². The molecule has 0 aliphatic rings. The number of nitriles is 1. The fourth-order valence-electron chi connectivity index (χ4n) is 3.34. The van der Waals surface area contributed by atoms with Gasteiger partial charge >= 0.3 is 0 Å². The fraction of sp³-hybridized carbons (Fsp3) is 0.483. The van der Waals surface area contributed by atoms with Gasteiger partial charge in [0.25, 0.3) is 0 Å². The lowest BCUT2D eigenvalue weighted by molar-refractivity contribution is 0.899. The molecule has 0 amide bonds. The number of allylic oxidation sites excluding steroid dienone is 7. The SMILES string of the molecule is CC(C)=CCCC(C)=CCCC(C)=CCCC(C)=CCSCC(Nc1ccccn1)C(N)=NC#N. The molecule has 1 heterocycles. The van der Waals surface area contributed by atoms with Gasteiger partial charge in [-0.15, -0.1) is 0 Å². The minimum Gasteiger partial charge on any atom is -0.385 e. The molecule has 0 aliphatic heterocycles. The normalized spacial score (nSPS) is 13.8. The number of hydrogen-bond donors (Lipinski definition) is 2. The number of aromatic nitrogens is 1. The molecule has 3 N–H and O–H groups in total. The fourth-order valence-corrected chi connectivity index (χ4v) is 4.37. The van der Waals surface area contributed by atoms with E-state index in [4.69, 9.17) is 11.0 Å². The molecule has 0 radical (unpaired) electrons. The Morgan fingerprint density at radius 3 is 2.14 bits per heavy atom. The zero-order valence-corrected chi connectivity index (χ0v) is 23.0. The van der Waals surface area contributed by atoms with E-state index in [1.54, 1.807) is 24.2 Å². The molecule has 0 saturated carbocycles. The number of aliphatic imine (C=N–C) groups is 1. The minimum absolute atomic E-state index is 0.237. The predicted molar refractivity (Wildman–Crippen MR) is 155 cm³/mol. The van der Waals surface area contributed by atoms with Crippen molar-refractivity contribution in [3.8, 4) is 6.19 Å². The Morgan fingerprint density at radius 1 is 1.00 bits per heavy atom. The van der Waals surface area contributed by atoms with Crippen LogP contribution in [0.25, 0.3) is 0 Å². The Morgan fingerprint density at radius 2 is 1.60 bits per heavy atom. The van der Waals surface area contributed by atoms with Gasteiger partial charge in [-0.05, 0) is 85.3 Å². The molecule has 6 heteroatoms. The molecule has 1 rings (SSSR count). The van der Waals surface area contributed by atoms with Crippen molar-refractivity contribution in [3.63, 3.8) is 0 Å². The number of nitrogens with zero attached hydrogens (tertiary/aromatic N) is 3. The monoisotopic (exact) mass is 493 g/mol. The summed E-state index contributed by atoms with van der Waals surface area (Å²) >= 11 is 1.76. The van der Waals surface area contributed by atoms with E-state index < -0.39 is 0 Å². The van der Waals surface area contributed by atoms with Crippen LogP contribution in [0.4, 0.5) is 5.82 Å². The highest BCUT2D eigenvalue weighted by Gasteiger charge is 2.14. The summed E-state index contributed by atoms with van der Waals surface area (Å²) < 4.78 is 0. The zero-order chi connectivity index (χ0) is 25.9. The van der Waals surface area contributed by atoms with E-state index in [1.807, 2.05) is 18.2 Å². The van der Waals surface area contributed by atoms with Crippen molar-refractivity contribution in [2.24, 2.45) is 10.7 Å². The number of rotatable bonds is 16. The molecule has 5 nitrogen and oxygen atoms in total. The van der Waals surface area contributed by atoms with Gasteiger partial charge in [-0.1, -0.05) is 52.7 Å². The number of nitrogens with one attached hydrogen (secondary N) is 1. The van der Waals surface area contributed by atoms with Crippen molar-refractivity contribution in [3.05, 3.63) is 71.0 Å². The Labute approximate surface area is 217 Å². The van der Waals surface area contributed by atoms with Crippen LogP contribution in [0.1, 0.15) is 73.1 Å².